The second-order valence-electron chi connectivity index (χ2n) is 8.50. The predicted octanol–water partition coefficient (Wildman–Crippen LogP) is 1.32. The first-order chi connectivity index (χ1) is 15.1. The number of aliphatic hydroxyl groups is 1. The Labute approximate surface area is 188 Å². The average Bonchev–Trinajstić information content (AvgIpc) is 2.76. The second kappa shape index (κ2) is 11.8. The highest BCUT2D eigenvalue weighted by molar-refractivity contribution is 5.87. The molecule has 0 spiro atoms. The van der Waals surface area contributed by atoms with Gasteiger partial charge in [-0.2, -0.15) is 0 Å². The molecule has 1 heterocycles. The number of aliphatic hydroxyl groups excluding tert-OH is 1. The quantitative estimate of drug-likeness (QED) is 0.513. The van der Waals surface area contributed by atoms with Crippen LogP contribution in [0.4, 0.5) is 5.69 Å². The van der Waals surface area contributed by atoms with Crippen molar-refractivity contribution in [2.75, 3.05) is 38.3 Å². The van der Waals surface area contributed by atoms with E-state index in [9.17, 15) is 24.6 Å². The number of hydrogen-bond acceptors (Lipinski definition) is 7. The van der Waals surface area contributed by atoms with Crippen LogP contribution in [0.15, 0.2) is 24.3 Å². The summed E-state index contributed by atoms with van der Waals surface area (Å²) in [6.07, 6.45) is -2.37. The summed E-state index contributed by atoms with van der Waals surface area (Å²) < 4.78 is 10.7. The molecule has 1 saturated heterocycles. The zero-order valence-electron chi connectivity index (χ0n) is 19.2. The van der Waals surface area contributed by atoms with Crippen molar-refractivity contribution in [3.8, 4) is 0 Å². The largest absolute Gasteiger partial charge is 0.478 e. The molecule has 9 nitrogen and oxygen atoms in total. The molecule has 1 aliphatic rings. The fraction of sp³-hybridized carbons (Fsp3) is 0.609. The van der Waals surface area contributed by atoms with Gasteiger partial charge in [0.15, 0.2) is 0 Å². The van der Waals surface area contributed by atoms with E-state index in [1.165, 1.54) is 14.0 Å². The Hall–Kier alpha value is -2.65. The number of carbonyl (C=O) groups excluding carboxylic acids is 2. The Kier molecular flexibility index (Phi) is 9.46. The molecule has 0 bridgehead atoms. The molecule has 32 heavy (non-hydrogen) atoms. The van der Waals surface area contributed by atoms with Crippen molar-refractivity contribution >= 4 is 23.5 Å². The summed E-state index contributed by atoms with van der Waals surface area (Å²) in [6.45, 7) is 8.01. The lowest BCUT2D eigenvalue weighted by Gasteiger charge is -2.30. The first-order valence-electron chi connectivity index (χ1n) is 10.9. The second-order valence-corrected chi connectivity index (χ2v) is 8.50. The fourth-order valence-corrected chi connectivity index (χ4v) is 3.58. The molecule has 3 atom stereocenters. The summed E-state index contributed by atoms with van der Waals surface area (Å²) in [5, 5.41) is 19.2. The van der Waals surface area contributed by atoms with Crippen molar-refractivity contribution in [2.24, 2.45) is 5.92 Å². The van der Waals surface area contributed by atoms with Gasteiger partial charge < -0.3 is 29.5 Å². The molecule has 178 valence electrons. The van der Waals surface area contributed by atoms with Gasteiger partial charge >= 0.3 is 11.9 Å². The summed E-state index contributed by atoms with van der Waals surface area (Å²) in [6, 6.07) is 6.49. The van der Waals surface area contributed by atoms with Crippen molar-refractivity contribution in [2.45, 2.75) is 51.9 Å². The number of nitrogens with zero attached hydrogens (tertiary/aromatic N) is 2. The topological polar surface area (TPSA) is 117 Å². The monoisotopic (exact) mass is 450 g/mol. The number of benzene rings is 1. The lowest BCUT2D eigenvalue weighted by molar-refractivity contribution is -0.170. The highest BCUT2D eigenvalue weighted by Crippen LogP contribution is 2.19. The van der Waals surface area contributed by atoms with Gasteiger partial charge in [-0.25, -0.2) is 9.59 Å². The maximum atomic E-state index is 12.8. The minimum Gasteiger partial charge on any atom is -0.478 e. The van der Waals surface area contributed by atoms with Crippen molar-refractivity contribution in [1.29, 1.82) is 0 Å². The van der Waals surface area contributed by atoms with Crippen molar-refractivity contribution < 1.29 is 34.1 Å². The average molecular weight is 451 g/mol. The third kappa shape index (κ3) is 7.20. The van der Waals surface area contributed by atoms with Crippen LogP contribution in [0.3, 0.4) is 0 Å². The number of carbonyl (C=O) groups is 3. The number of carboxylic acids is 1. The van der Waals surface area contributed by atoms with Crippen molar-refractivity contribution in [1.82, 2.24) is 4.90 Å². The van der Waals surface area contributed by atoms with E-state index in [2.05, 4.69) is 4.90 Å². The minimum atomic E-state index is -1.39. The molecule has 0 aromatic heterocycles. The molecule has 9 heteroatoms. The number of morpholine rings is 1. The first kappa shape index (κ1) is 25.6. The number of rotatable bonds is 10. The summed E-state index contributed by atoms with van der Waals surface area (Å²) in [5.41, 5.74) is 1.74. The molecule has 2 rings (SSSR count). The lowest BCUT2D eigenvalue weighted by Crippen LogP contribution is -2.48. The van der Waals surface area contributed by atoms with Gasteiger partial charge in [-0.3, -0.25) is 4.79 Å². The summed E-state index contributed by atoms with van der Waals surface area (Å²) in [7, 11) is 1.41. The van der Waals surface area contributed by atoms with E-state index in [1.54, 1.807) is 0 Å². The molecule has 2 N–H and O–H groups in total. The zero-order chi connectivity index (χ0) is 23.8. The van der Waals surface area contributed by atoms with E-state index in [4.69, 9.17) is 9.47 Å². The number of carboxylic acid groups (broad SMARTS) is 1. The Morgan fingerprint density at radius 2 is 1.72 bits per heavy atom. The number of esters is 1. The molecular weight excluding hydrogens is 416 g/mol. The van der Waals surface area contributed by atoms with Crippen LogP contribution in [0.1, 0.15) is 32.8 Å². The van der Waals surface area contributed by atoms with Crippen LogP contribution >= 0.6 is 0 Å². The van der Waals surface area contributed by atoms with Crippen LogP contribution < -0.4 is 4.90 Å². The fourth-order valence-electron chi connectivity index (χ4n) is 3.58. The number of amides is 1. The van der Waals surface area contributed by atoms with Gasteiger partial charge in [-0.1, -0.05) is 26.0 Å². The summed E-state index contributed by atoms with van der Waals surface area (Å²) >= 11 is 0. The van der Waals surface area contributed by atoms with Gasteiger partial charge in [0.2, 0.25) is 6.10 Å². The molecule has 0 saturated carbocycles. The highest BCUT2D eigenvalue weighted by Gasteiger charge is 2.34. The van der Waals surface area contributed by atoms with Crippen LogP contribution in [-0.4, -0.2) is 84.6 Å². The molecule has 0 aliphatic carbocycles. The third-order valence-corrected chi connectivity index (χ3v) is 5.41. The van der Waals surface area contributed by atoms with Gasteiger partial charge in [-0.15, -0.1) is 0 Å². The van der Waals surface area contributed by atoms with Gasteiger partial charge in [0, 0.05) is 32.2 Å². The van der Waals surface area contributed by atoms with E-state index in [0.29, 0.717) is 13.2 Å². The van der Waals surface area contributed by atoms with E-state index in [1.807, 2.05) is 38.1 Å². The number of ether oxygens (including phenoxy) is 2. The molecular formula is C23H34N2O7. The zero-order valence-corrected chi connectivity index (χ0v) is 19.2. The molecule has 0 unspecified atom stereocenters. The van der Waals surface area contributed by atoms with E-state index in [-0.39, 0.29) is 18.8 Å². The molecule has 1 fully saturated rings. The lowest BCUT2D eigenvalue weighted by atomic mass is 10.0. The Morgan fingerprint density at radius 1 is 1.12 bits per heavy atom. The molecule has 1 aliphatic heterocycles. The van der Waals surface area contributed by atoms with Crippen LogP contribution in [0.2, 0.25) is 0 Å². The number of likely N-dealkylation sites (N-methyl/N-ethyl adjacent to an activating group) is 1. The van der Waals surface area contributed by atoms with E-state index >= 15 is 0 Å². The highest BCUT2D eigenvalue weighted by atomic mass is 16.6. The Morgan fingerprint density at radius 3 is 2.22 bits per heavy atom. The van der Waals surface area contributed by atoms with Gasteiger partial charge in [0.05, 0.1) is 13.2 Å². The van der Waals surface area contributed by atoms with E-state index in [0.717, 1.165) is 29.2 Å². The summed E-state index contributed by atoms with van der Waals surface area (Å²) in [5.74, 6) is -2.64. The normalized spacial score (nSPS) is 16.9. The molecule has 1 amide bonds. The van der Waals surface area contributed by atoms with Crippen molar-refractivity contribution in [3.63, 3.8) is 0 Å². The standard InChI is InChI=1S/C23H34N2O7/c1-15(2)13-19(24(4)21(27)16(3)26)23(30)32-20(22(28)29)14-17-5-7-18(8-6-17)25-9-11-31-12-10-25/h5-8,15-16,19-20,26H,9-14H2,1-4H3,(H,28,29)/t16-,19+,20-/m1/s1. The smallest absolute Gasteiger partial charge is 0.345 e. The maximum Gasteiger partial charge on any atom is 0.345 e. The van der Waals surface area contributed by atoms with Crippen LogP contribution in [-0.2, 0) is 30.3 Å². The minimum absolute atomic E-state index is 0.00687. The Bertz CT molecular complexity index is 773. The van der Waals surface area contributed by atoms with Crippen LogP contribution in [0.5, 0.6) is 0 Å². The van der Waals surface area contributed by atoms with Crippen molar-refractivity contribution in [3.05, 3.63) is 29.8 Å². The van der Waals surface area contributed by atoms with E-state index < -0.39 is 36.1 Å². The summed E-state index contributed by atoms with van der Waals surface area (Å²) in [4.78, 5) is 40.1. The SMILES string of the molecule is CC(C)C[C@@H](C(=O)O[C@H](Cc1ccc(N2CCOCC2)cc1)C(=O)O)N(C)C(=O)[C@@H](C)O. The Balaban J connectivity index is 2.09. The number of anilines is 1. The maximum absolute atomic E-state index is 12.8. The van der Waals surface area contributed by atoms with Gasteiger partial charge in [-0.05, 0) is 37.0 Å². The number of aliphatic carboxylic acids is 1. The van der Waals surface area contributed by atoms with Crippen LogP contribution in [0, 0.1) is 5.92 Å². The first-order valence-corrected chi connectivity index (χ1v) is 10.9. The van der Waals surface area contributed by atoms with Gasteiger partial charge in [0.1, 0.15) is 12.1 Å². The molecule has 1 aromatic rings. The number of hydrogen-bond donors (Lipinski definition) is 2. The van der Waals surface area contributed by atoms with Crippen LogP contribution in [0.25, 0.3) is 0 Å². The predicted molar refractivity (Wildman–Crippen MR) is 118 cm³/mol. The molecule has 1 aromatic carbocycles. The molecule has 0 radical (unpaired) electrons. The van der Waals surface area contributed by atoms with Gasteiger partial charge in [0.25, 0.3) is 5.91 Å². The third-order valence-electron chi connectivity index (χ3n) is 5.41.